The van der Waals surface area contributed by atoms with Crippen LogP contribution < -0.4 is 11.3 Å². The number of aryl methyl sites for hydroxylation is 3. The molecule has 2 aromatic carbocycles. The quantitative estimate of drug-likeness (QED) is 0.638. The van der Waals surface area contributed by atoms with Gasteiger partial charge in [-0.25, -0.2) is 4.39 Å². The van der Waals surface area contributed by atoms with Gasteiger partial charge in [-0.05, 0) is 61.6 Å². The summed E-state index contributed by atoms with van der Waals surface area (Å²) in [6, 6.07) is 9.06. The van der Waals surface area contributed by atoms with Crippen molar-refractivity contribution >= 4 is 15.9 Å². The molecule has 21 heavy (non-hydrogen) atoms. The number of nitrogens with one attached hydrogen (secondary N) is 1. The Morgan fingerprint density at radius 1 is 1.14 bits per heavy atom. The fraction of sp³-hybridized carbons (Fsp3) is 0.294. The average Bonchev–Trinajstić information content (AvgIpc) is 2.39. The van der Waals surface area contributed by atoms with Crippen LogP contribution in [0.2, 0.25) is 0 Å². The van der Waals surface area contributed by atoms with E-state index in [1.165, 1.54) is 34.4 Å². The summed E-state index contributed by atoms with van der Waals surface area (Å²) in [6.07, 6.45) is 0.697. The zero-order chi connectivity index (χ0) is 15.6. The first-order chi connectivity index (χ1) is 9.92. The number of hydrogen-bond donors (Lipinski definition) is 2. The molecule has 0 aliphatic carbocycles. The van der Waals surface area contributed by atoms with Gasteiger partial charge in [-0.3, -0.25) is 11.3 Å². The summed E-state index contributed by atoms with van der Waals surface area (Å²) in [5.74, 6) is 5.52. The van der Waals surface area contributed by atoms with Crippen molar-refractivity contribution in [2.24, 2.45) is 5.84 Å². The van der Waals surface area contributed by atoms with Crippen LogP contribution in [0.1, 0.15) is 33.9 Å². The molecule has 2 aromatic rings. The van der Waals surface area contributed by atoms with Gasteiger partial charge >= 0.3 is 0 Å². The minimum Gasteiger partial charge on any atom is -0.271 e. The van der Waals surface area contributed by atoms with Gasteiger partial charge < -0.3 is 0 Å². The van der Waals surface area contributed by atoms with Gasteiger partial charge in [0, 0.05) is 4.47 Å². The molecule has 2 nitrogen and oxygen atoms in total. The summed E-state index contributed by atoms with van der Waals surface area (Å²) in [7, 11) is 0. The fourth-order valence-corrected chi connectivity index (χ4v) is 3.41. The standard InChI is InChI=1S/C17H20BrFN2/c1-10-6-11(2)17(12(3)7-10)16(21-20)8-13-4-5-14(19)9-15(13)18/h4-7,9,16,21H,8,20H2,1-3H3. The van der Waals surface area contributed by atoms with Gasteiger partial charge in [0.25, 0.3) is 0 Å². The van der Waals surface area contributed by atoms with Gasteiger partial charge in [0.1, 0.15) is 5.82 Å². The van der Waals surface area contributed by atoms with Crippen molar-refractivity contribution in [3.63, 3.8) is 0 Å². The SMILES string of the molecule is Cc1cc(C)c(C(Cc2ccc(F)cc2Br)NN)c(C)c1. The zero-order valence-electron chi connectivity index (χ0n) is 12.5. The van der Waals surface area contributed by atoms with Crippen LogP contribution in [0.3, 0.4) is 0 Å². The molecule has 0 bridgehead atoms. The molecule has 0 aliphatic heterocycles. The molecule has 0 aliphatic rings. The van der Waals surface area contributed by atoms with Crippen molar-refractivity contribution < 1.29 is 4.39 Å². The van der Waals surface area contributed by atoms with Gasteiger partial charge in [0.15, 0.2) is 0 Å². The van der Waals surface area contributed by atoms with Crippen molar-refractivity contribution in [2.45, 2.75) is 33.2 Å². The molecule has 0 radical (unpaired) electrons. The monoisotopic (exact) mass is 350 g/mol. The second-order valence-electron chi connectivity index (χ2n) is 5.47. The molecule has 112 valence electrons. The largest absolute Gasteiger partial charge is 0.271 e. The number of hydrogen-bond acceptors (Lipinski definition) is 2. The third-order valence-electron chi connectivity index (χ3n) is 3.73. The van der Waals surface area contributed by atoms with Crippen LogP contribution in [0.15, 0.2) is 34.8 Å². The van der Waals surface area contributed by atoms with Crippen molar-refractivity contribution in [1.82, 2.24) is 5.43 Å². The minimum absolute atomic E-state index is 0.00707. The van der Waals surface area contributed by atoms with E-state index in [9.17, 15) is 4.39 Å². The zero-order valence-corrected chi connectivity index (χ0v) is 14.1. The highest BCUT2D eigenvalue weighted by molar-refractivity contribution is 9.10. The lowest BCUT2D eigenvalue weighted by Gasteiger charge is -2.22. The third kappa shape index (κ3) is 3.70. The Kier molecular flexibility index (Phi) is 5.14. The maximum absolute atomic E-state index is 13.2. The van der Waals surface area contributed by atoms with E-state index in [0.29, 0.717) is 6.42 Å². The Labute approximate surface area is 133 Å². The molecule has 0 heterocycles. The molecular formula is C17H20BrFN2. The molecular weight excluding hydrogens is 331 g/mol. The predicted octanol–water partition coefficient (Wildman–Crippen LogP) is 4.26. The summed E-state index contributed by atoms with van der Waals surface area (Å²) < 4.78 is 14.0. The number of rotatable bonds is 4. The van der Waals surface area contributed by atoms with Gasteiger partial charge in [-0.1, -0.05) is 39.7 Å². The molecule has 0 aromatic heterocycles. The first kappa shape index (κ1) is 16.1. The predicted molar refractivity (Wildman–Crippen MR) is 88.5 cm³/mol. The van der Waals surface area contributed by atoms with E-state index in [2.05, 4.69) is 54.3 Å². The smallest absolute Gasteiger partial charge is 0.124 e. The molecule has 0 saturated carbocycles. The highest BCUT2D eigenvalue weighted by atomic mass is 79.9. The Hall–Kier alpha value is -1.23. The lowest BCUT2D eigenvalue weighted by molar-refractivity contribution is 0.544. The van der Waals surface area contributed by atoms with Gasteiger partial charge in [0.05, 0.1) is 6.04 Å². The third-order valence-corrected chi connectivity index (χ3v) is 4.47. The highest BCUT2D eigenvalue weighted by Gasteiger charge is 2.17. The van der Waals surface area contributed by atoms with E-state index in [1.54, 1.807) is 6.07 Å². The molecule has 0 spiro atoms. The average molecular weight is 351 g/mol. The Morgan fingerprint density at radius 3 is 2.29 bits per heavy atom. The van der Waals surface area contributed by atoms with E-state index >= 15 is 0 Å². The maximum atomic E-state index is 13.2. The number of halogens is 2. The summed E-state index contributed by atoms with van der Waals surface area (Å²) in [6.45, 7) is 6.28. The normalized spacial score (nSPS) is 12.5. The molecule has 0 fully saturated rings. The van der Waals surface area contributed by atoms with Crippen LogP contribution >= 0.6 is 15.9 Å². The lowest BCUT2D eigenvalue weighted by Crippen LogP contribution is -2.31. The summed E-state index contributed by atoms with van der Waals surface area (Å²) in [5, 5.41) is 0. The number of benzene rings is 2. The van der Waals surface area contributed by atoms with E-state index in [-0.39, 0.29) is 11.9 Å². The topological polar surface area (TPSA) is 38.0 Å². The number of nitrogens with two attached hydrogens (primary N) is 1. The van der Waals surface area contributed by atoms with E-state index in [1.807, 2.05) is 0 Å². The Morgan fingerprint density at radius 2 is 1.76 bits per heavy atom. The minimum atomic E-state index is -0.245. The first-order valence-corrected chi connectivity index (χ1v) is 7.69. The van der Waals surface area contributed by atoms with Crippen LogP contribution in [0.4, 0.5) is 4.39 Å². The molecule has 1 unspecified atom stereocenters. The van der Waals surface area contributed by atoms with Crippen LogP contribution in [-0.4, -0.2) is 0 Å². The van der Waals surface area contributed by atoms with Crippen molar-refractivity contribution in [2.75, 3.05) is 0 Å². The summed E-state index contributed by atoms with van der Waals surface area (Å²) >= 11 is 3.42. The van der Waals surface area contributed by atoms with E-state index in [4.69, 9.17) is 5.84 Å². The summed E-state index contributed by atoms with van der Waals surface area (Å²) in [4.78, 5) is 0. The van der Waals surface area contributed by atoms with Crippen LogP contribution in [0.25, 0.3) is 0 Å². The first-order valence-electron chi connectivity index (χ1n) is 6.90. The second kappa shape index (κ2) is 6.69. The van der Waals surface area contributed by atoms with Crippen LogP contribution in [0.5, 0.6) is 0 Å². The van der Waals surface area contributed by atoms with E-state index in [0.717, 1.165) is 10.0 Å². The summed E-state index contributed by atoms with van der Waals surface area (Å²) in [5.41, 5.74) is 8.81. The molecule has 3 N–H and O–H groups in total. The molecule has 1 atom stereocenters. The van der Waals surface area contributed by atoms with Crippen molar-refractivity contribution in [3.8, 4) is 0 Å². The Bertz CT molecular complexity index is 632. The number of hydrazine groups is 1. The van der Waals surface area contributed by atoms with E-state index < -0.39 is 0 Å². The molecule has 2 rings (SSSR count). The van der Waals surface area contributed by atoms with Gasteiger partial charge in [-0.2, -0.15) is 0 Å². The highest BCUT2D eigenvalue weighted by Crippen LogP contribution is 2.28. The lowest BCUT2D eigenvalue weighted by atomic mass is 9.91. The van der Waals surface area contributed by atoms with Crippen LogP contribution in [0, 0.1) is 26.6 Å². The maximum Gasteiger partial charge on any atom is 0.124 e. The molecule has 0 saturated heterocycles. The molecule has 0 amide bonds. The second-order valence-corrected chi connectivity index (χ2v) is 6.33. The Balaban J connectivity index is 2.37. The fourth-order valence-electron chi connectivity index (χ4n) is 2.89. The van der Waals surface area contributed by atoms with Crippen LogP contribution in [-0.2, 0) is 6.42 Å². The van der Waals surface area contributed by atoms with Gasteiger partial charge in [-0.15, -0.1) is 0 Å². The molecule has 4 heteroatoms. The van der Waals surface area contributed by atoms with Crippen molar-refractivity contribution in [1.29, 1.82) is 0 Å². The van der Waals surface area contributed by atoms with Crippen molar-refractivity contribution in [3.05, 3.63) is 68.4 Å². The van der Waals surface area contributed by atoms with Gasteiger partial charge in [0.2, 0.25) is 0 Å².